The predicted molar refractivity (Wildman–Crippen MR) is 83.4 cm³/mol. The first kappa shape index (κ1) is 23.1. The van der Waals surface area contributed by atoms with Crippen molar-refractivity contribution >= 4 is 13.3 Å². The van der Waals surface area contributed by atoms with E-state index in [2.05, 4.69) is 0 Å². The molecule has 0 fully saturated rings. The number of alkyl halides is 3. The Morgan fingerprint density at radius 2 is 1.84 bits per heavy atom. The number of nitrogens with two attached hydrogens (primary N) is 1. The maximum absolute atomic E-state index is 12.5. The van der Waals surface area contributed by atoms with Crippen molar-refractivity contribution in [2.24, 2.45) is 5.73 Å². The Hall–Kier alpha value is -1.87. The van der Waals surface area contributed by atoms with Gasteiger partial charge in [-0.1, -0.05) is 18.9 Å². The van der Waals surface area contributed by atoms with E-state index in [1.54, 1.807) is 0 Å². The summed E-state index contributed by atoms with van der Waals surface area (Å²) in [6.07, 6.45) is -1.15. The summed E-state index contributed by atoms with van der Waals surface area (Å²) in [6.45, 7) is 0.241. The third kappa shape index (κ3) is 12.2. The standard InChI is InChI=1S/C14H21BF3NO3.CO2/c16-14(17,18)11-4-3-6-13(10-11)22-9-7-12(19)5-1-2-8-15(20)21;2-1-3/h3-4,6,10,12,20-21H,1-2,5,7-9,19H2;. The molecule has 0 aromatic heterocycles. The third-order valence-corrected chi connectivity index (χ3v) is 3.21. The van der Waals surface area contributed by atoms with Crippen molar-refractivity contribution in [1.82, 2.24) is 0 Å². The number of hydrogen-bond donors (Lipinski definition) is 3. The van der Waals surface area contributed by atoms with E-state index in [9.17, 15) is 13.2 Å². The van der Waals surface area contributed by atoms with E-state index in [-0.39, 0.29) is 24.5 Å². The highest BCUT2D eigenvalue weighted by molar-refractivity contribution is 6.40. The molecule has 25 heavy (non-hydrogen) atoms. The topological polar surface area (TPSA) is 110 Å². The van der Waals surface area contributed by atoms with Gasteiger partial charge in [0.2, 0.25) is 0 Å². The van der Waals surface area contributed by atoms with Gasteiger partial charge < -0.3 is 20.5 Å². The molecule has 1 unspecified atom stereocenters. The molecule has 0 spiro atoms. The molecule has 0 bridgehead atoms. The molecule has 140 valence electrons. The van der Waals surface area contributed by atoms with Crippen LogP contribution in [0.2, 0.25) is 6.32 Å². The van der Waals surface area contributed by atoms with Gasteiger partial charge in [0, 0.05) is 6.04 Å². The molecule has 0 saturated carbocycles. The van der Waals surface area contributed by atoms with Crippen molar-refractivity contribution < 1.29 is 37.5 Å². The Labute approximate surface area is 143 Å². The summed E-state index contributed by atoms with van der Waals surface area (Å²) in [4.78, 5) is 16.2. The van der Waals surface area contributed by atoms with Crippen molar-refractivity contribution in [3.63, 3.8) is 0 Å². The van der Waals surface area contributed by atoms with Crippen LogP contribution in [0.5, 0.6) is 5.75 Å². The van der Waals surface area contributed by atoms with Gasteiger partial charge in [0.15, 0.2) is 0 Å². The van der Waals surface area contributed by atoms with Crippen LogP contribution in [0.4, 0.5) is 13.2 Å². The molecule has 0 amide bonds. The van der Waals surface area contributed by atoms with Crippen LogP contribution in [0.25, 0.3) is 0 Å². The van der Waals surface area contributed by atoms with Crippen LogP contribution in [0.15, 0.2) is 24.3 Å². The molecule has 0 aliphatic rings. The molecule has 6 nitrogen and oxygen atoms in total. The first-order valence-corrected chi connectivity index (χ1v) is 7.61. The van der Waals surface area contributed by atoms with Crippen LogP contribution in [0.1, 0.15) is 31.2 Å². The van der Waals surface area contributed by atoms with Crippen molar-refractivity contribution in [3.05, 3.63) is 29.8 Å². The van der Waals surface area contributed by atoms with Crippen LogP contribution in [-0.4, -0.2) is 36.0 Å². The molecule has 1 aromatic carbocycles. The number of rotatable bonds is 9. The maximum Gasteiger partial charge on any atom is 0.451 e. The highest BCUT2D eigenvalue weighted by Crippen LogP contribution is 2.31. The Morgan fingerprint density at radius 3 is 2.40 bits per heavy atom. The Kier molecular flexibility index (Phi) is 11.6. The van der Waals surface area contributed by atoms with Gasteiger partial charge in [-0.2, -0.15) is 22.8 Å². The van der Waals surface area contributed by atoms with E-state index in [4.69, 9.17) is 30.1 Å². The molecular weight excluding hydrogens is 342 g/mol. The average Bonchev–Trinajstić information content (AvgIpc) is 2.52. The van der Waals surface area contributed by atoms with Crippen molar-refractivity contribution in [3.8, 4) is 5.75 Å². The molecule has 10 heteroatoms. The summed E-state index contributed by atoms with van der Waals surface area (Å²) >= 11 is 0. The van der Waals surface area contributed by atoms with Gasteiger partial charge in [0.05, 0.1) is 12.2 Å². The van der Waals surface area contributed by atoms with Crippen LogP contribution >= 0.6 is 0 Å². The molecule has 0 aliphatic heterocycles. The second-order valence-electron chi connectivity index (χ2n) is 5.27. The normalized spacial score (nSPS) is 11.8. The fraction of sp³-hybridized carbons (Fsp3) is 0.533. The molecule has 0 heterocycles. The van der Waals surface area contributed by atoms with Gasteiger partial charge in [0.25, 0.3) is 0 Å². The zero-order valence-electron chi connectivity index (χ0n) is 13.5. The Bertz CT molecular complexity index is 522. The minimum Gasteiger partial charge on any atom is -0.494 e. The SMILES string of the molecule is NC(CCCCB(O)O)CCOc1cccc(C(F)(F)F)c1.O=C=O. The smallest absolute Gasteiger partial charge is 0.451 e. The molecule has 1 aromatic rings. The van der Waals surface area contributed by atoms with E-state index >= 15 is 0 Å². The zero-order chi connectivity index (χ0) is 19.3. The lowest BCUT2D eigenvalue weighted by Crippen LogP contribution is -2.23. The molecule has 0 aliphatic carbocycles. The summed E-state index contributed by atoms with van der Waals surface area (Å²) in [7, 11) is -1.29. The van der Waals surface area contributed by atoms with E-state index in [1.807, 2.05) is 0 Å². The summed E-state index contributed by atoms with van der Waals surface area (Å²) in [5.41, 5.74) is 5.13. The number of benzene rings is 1. The Balaban J connectivity index is 0.00000178. The largest absolute Gasteiger partial charge is 0.494 e. The van der Waals surface area contributed by atoms with Gasteiger partial charge in [0.1, 0.15) is 5.75 Å². The summed E-state index contributed by atoms with van der Waals surface area (Å²) < 4.78 is 42.9. The monoisotopic (exact) mass is 363 g/mol. The van der Waals surface area contributed by atoms with Crippen molar-refractivity contribution in [2.75, 3.05) is 6.61 Å². The number of carbonyl (C=O) groups excluding carboxylic acids is 2. The number of unbranched alkanes of at least 4 members (excludes halogenated alkanes) is 1. The maximum atomic E-state index is 12.5. The fourth-order valence-corrected chi connectivity index (χ4v) is 1.97. The average molecular weight is 363 g/mol. The first-order valence-electron chi connectivity index (χ1n) is 7.61. The first-order chi connectivity index (χ1) is 11.7. The number of halogens is 3. The fourth-order valence-electron chi connectivity index (χ4n) is 1.97. The summed E-state index contributed by atoms with van der Waals surface area (Å²) in [5, 5.41) is 17.4. The minimum atomic E-state index is -4.38. The van der Waals surface area contributed by atoms with Crippen LogP contribution in [0, 0.1) is 0 Å². The van der Waals surface area contributed by atoms with Gasteiger partial charge in [-0.25, -0.2) is 0 Å². The number of hydrogen-bond acceptors (Lipinski definition) is 6. The summed E-state index contributed by atoms with van der Waals surface area (Å²) in [6, 6.07) is 4.62. The van der Waals surface area contributed by atoms with E-state index in [1.165, 1.54) is 12.1 Å². The molecular formula is C15H21BF3NO5. The molecule has 4 N–H and O–H groups in total. The highest BCUT2D eigenvalue weighted by Gasteiger charge is 2.30. The Morgan fingerprint density at radius 1 is 1.20 bits per heavy atom. The van der Waals surface area contributed by atoms with E-state index in [0.717, 1.165) is 18.6 Å². The summed E-state index contributed by atoms with van der Waals surface area (Å²) in [5.74, 6) is 0.172. The number of ether oxygens (including phenoxy) is 1. The minimum absolute atomic E-state index is 0.123. The van der Waals surface area contributed by atoms with E-state index in [0.29, 0.717) is 25.6 Å². The van der Waals surface area contributed by atoms with E-state index < -0.39 is 18.9 Å². The zero-order valence-corrected chi connectivity index (χ0v) is 13.5. The molecule has 0 saturated heterocycles. The van der Waals surface area contributed by atoms with Crippen molar-refractivity contribution in [1.29, 1.82) is 0 Å². The highest BCUT2D eigenvalue weighted by atomic mass is 19.4. The third-order valence-electron chi connectivity index (χ3n) is 3.21. The molecule has 1 rings (SSSR count). The second-order valence-corrected chi connectivity index (χ2v) is 5.27. The van der Waals surface area contributed by atoms with Crippen LogP contribution in [0.3, 0.4) is 0 Å². The lowest BCUT2D eigenvalue weighted by atomic mass is 9.83. The van der Waals surface area contributed by atoms with Crippen LogP contribution in [-0.2, 0) is 15.8 Å². The van der Waals surface area contributed by atoms with Crippen LogP contribution < -0.4 is 10.5 Å². The van der Waals surface area contributed by atoms with Gasteiger partial charge in [-0.3, -0.25) is 0 Å². The predicted octanol–water partition coefficient (Wildman–Crippen LogP) is 1.86. The lowest BCUT2D eigenvalue weighted by Gasteiger charge is -2.13. The second kappa shape index (κ2) is 12.5. The molecule has 1 atom stereocenters. The molecule has 0 radical (unpaired) electrons. The quantitative estimate of drug-likeness (QED) is 0.456. The van der Waals surface area contributed by atoms with Gasteiger partial charge in [-0.05, 0) is 37.4 Å². The van der Waals surface area contributed by atoms with Gasteiger partial charge in [-0.15, -0.1) is 0 Å². The van der Waals surface area contributed by atoms with Crippen molar-refractivity contribution in [2.45, 2.75) is 44.2 Å². The van der Waals surface area contributed by atoms with Gasteiger partial charge >= 0.3 is 19.4 Å². The lowest BCUT2D eigenvalue weighted by molar-refractivity contribution is -0.191.